The van der Waals surface area contributed by atoms with E-state index in [1.54, 1.807) is 13.1 Å². The topological polar surface area (TPSA) is 78.9 Å². The normalized spacial score (nSPS) is 23.1. The number of rotatable bonds is 7. The fraction of sp³-hybridized carbons (Fsp3) is 0.440. The SMILES string of the molecule is CC(=O)NC[C@]1(c2ccccc2)CC[C@@H](O)[C@H](N(C)C(=O)COc2cccc(F)c2)CC1. The second-order valence-electron chi connectivity index (χ2n) is 8.52. The zero-order valence-electron chi connectivity index (χ0n) is 18.6. The Bertz CT molecular complexity index is 923. The predicted octanol–water partition coefficient (Wildman–Crippen LogP) is 3.04. The second-order valence-corrected chi connectivity index (χ2v) is 8.52. The molecule has 0 unspecified atom stereocenters. The molecule has 0 spiro atoms. The molecule has 0 radical (unpaired) electrons. The minimum atomic E-state index is -0.693. The maximum Gasteiger partial charge on any atom is 0.260 e. The van der Waals surface area contributed by atoms with Crippen LogP contribution in [0.4, 0.5) is 4.39 Å². The van der Waals surface area contributed by atoms with Crippen molar-refractivity contribution >= 4 is 11.8 Å². The summed E-state index contributed by atoms with van der Waals surface area (Å²) in [5.41, 5.74) is 0.801. The molecule has 3 rings (SSSR count). The molecule has 2 amide bonds. The third kappa shape index (κ3) is 5.85. The molecule has 2 N–H and O–H groups in total. The number of nitrogens with one attached hydrogen (secondary N) is 1. The van der Waals surface area contributed by atoms with Crippen LogP contribution in [0.5, 0.6) is 5.75 Å². The first-order chi connectivity index (χ1) is 15.3. The van der Waals surface area contributed by atoms with Crippen molar-refractivity contribution in [2.45, 2.75) is 50.2 Å². The first-order valence-electron chi connectivity index (χ1n) is 10.9. The minimum absolute atomic E-state index is 0.0940. The van der Waals surface area contributed by atoms with Crippen LogP contribution in [0.1, 0.15) is 38.2 Å². The van der Waals surface area contributed by atoms with E-state index in [0.29, 0.717) is 32.2 Å². The van der Waals surface area contributed by atoms with E-state index in [4.69, 9.17) is 4.74 Å². The van der Waals surface area contributed by atoms with Gasteiger partial charge < -0.3 is 20.1 Å². The largest absolute Gasteiger partial charge is 0.484 e. The number of hydrogen-bond acceptors (Lipinski definition) is 4. The number of hydrogen-bond donors (Lipinski definition) is 2. The monoisotopic (exact) mass is 442 g/mol. The van der Waals surface area contributed by atoms with E-state index < -0.39 is 11.9 Å². The van der Waals surface area contributed by atoms with Gasteiger partial charge in [-0.2, -0.15) is 0 Å². The number of aliphatic hydroxyl groups excluding tert-OH is 1. The average Bonchev–Trinajstić information content (AvgIpc) is 2.96. The van der Waals surface area contributed by atoms with Crippen molar-refractivity contribution in [3.63, 3.8) is 0 Å². The molecule has 3 atom stereocenters. The van der Waals surface area contributed by atoms with E-state index in [1.807, 2.05) is 18.2 Å². The van der Waals surface area contributed by atoms with Gasteiger partial charge in [0.05, 0.1) is 12.1 Å². The van der Waals surface area contributed by atoms with Crippen LogP contribution in [0, 0.1) is 5.82 Å². The van der Waals surface area contributed by atoms with Gasteiger partial charge in [-0.3, -0.25) is 9.59 Å². The van der Waals surface area contributed by atoms with E-state index in [2.05, 4.69) is 17.4 Å². The minimum Gasteiger partial charge on any atom is -0.484 e. The number of benzene rings is 2. The Kier molecular flexibility index (Phi) is 7.85. The van der Waals surface area contributed by atoms with Crippen molar-refractivity contribution in [3.8, 4) is 5.75 Å². The number of amides is 2. The van der Waals surface area contributed by atoms with Crippen LogP contribution >= 0.6 is 0 Å². The third-order valence-corrected chi connectivity index (χ3v) is 6.39. The van der Waals surface area contributed by atoms with Gasteiger partial charge >= 0.3 is 0 Å². The molecule has 6 nitrogen and oxygen atoms in total. The lowest BCUT2D eigenvalue weighted by Crippen LogP contribution is -2.46. The Hall–Kier alpha value is -2.93. The number of carbonyl (C=O) groups excluding carboxylic acids is 2. The highest BCUT2D eigenvalue weighted by atomic mass is 19.1. The zero-order chi connectivity index (χ0) is 23.1. The Morgan fingerprint density at radius 1 is 1.16 bits per heavy atom. The third-order valence-electron chi connectivity index (χ3n) is 6.39. The zero-order valence-corrected chi connectivity index (χ0v) is 18.6. The summed E-state index contributed by atoms with van der Waals surface area (Å²) in [6, 6.07) is 15.3. The van der Waals surface area contributed by atoms with Gasteiger partial charge in [-0.15, -0.1) is 0 Å². The molecular formula is C25H31FN2O4. The van der Waals surface area contributed by atoms with E-state index in [1.165, 1.54) is 30.0 Å². The van der Waals surface area contributed by atoms with Gasteiger partial charge in [0.1, 0.15) is 11.6 Å². The van der Waals surface area contributed by atoms with Crippen LogP contribution in [-0.4, -0.2) is 54.2 Å². The van der Waals surface area contributed by atoms with Crippen LogP contribution in [0.15, 0.2) is 54.6 Å². The fourth-order valence-corrected chi connectivity index (χ4v) is 4.45. The summed E-state index contributed by atoms with van der Waals surface area (Å²) in [5.74, 6) is -0.527. The van der Waals surface area contributed by atoms with Crippen LogP contribution in [0.3, 0.4) is 0 Å². The molecule has 0 bridgehead atoms. The molecule has 172 valence electrons. The van der Waals surface area contributed by atoms with Crippen molar-refractivity contribution in [3.05, 3.63) is 66.0 Å². The molecule has 1 fully saturated rings. The van der Waals surface area contributed by atoms with E-state index in [-0.39, 0.29) is 35.6 Å². The average molecular weight is 443 g/mol. The first kappa shape index (κ1) is 23.7. The highest BCUT2D eigenvalue weighted by Crippen LogP contribution is 2.39. The molecule has 0 saturated heterocycles. The number of halogens is 1. The Morgan fingerprint density at radius 2 is 1.88 bits per heavy atom. The molecule has 0 aliphatic heterocycles. The van der Waals surface area contributed by atoms with Crippen molar-refractivity contribution in [1.29, 1.82) is 0 Å². The standard InChI is InChI=1S/C25H31FN2O4/c1-18(29)27-17-25(19-7-4-3-5-8-19)13-11-22(23(30)12-14-25)28(2)24(31)16-32-21-10-6-9-20(26)15-21/h3-10,15,22-23,30H,11-14,16-17H2,1-2H3,(H,27,29)/t22-,23-,25-/m1/s1. The van der Waals surface area contributed by atoms with E-state index in [9.17, 15) is 19.1 Å². The second kappa shape index (κ2) is 10.6. The van der Waals surface area contributed by atoms with Crippen molar-refractivity contribution in [2.24, 2.45) is 0 Å². The molecule has 32 heavy (non-hydrogen) atoms. The highest BCUT2D eigenvalue weighted by molar-refractivity contribution is 5.78. The van der Waals surface area contributed by atoms with Crippen molar-refractivity contribution < 1.29 is 23.8 Å². The van der Waals surface area contributed by atoms with Gasteiger partial charge in [0.2, 0.25) is 5.91 Å². The number of ether oxygens (including phenoxy) is 1. The van der Waals surface area contributed by atoms with Crippen molar-refractivity contribution in [2.75, 3.05) is 20.2 Å². The smallest absolute Gasteiger partial charge is 0.260 e. The van der Waals surface area contributed by atoms with Gasteiger partial charge in [-0.1, -0.05) is 36.4 Å². The summed E-state index contributed by atoms with van der Waals surface area (Å²) in [6.07, 6.45) is 1.79. The molecule has 7 heteroatoms. The summed E-state index contributed by atoms with van der Waals surface area (Å²) in [7, 11) is 1.66. The lowest BCUT2D eigenvalue weighted by Gasteiger charge is -2.34. The lowest BCUT2D eigenvalue weighted by molar-refractivity contribution is -0.136. The van der Waals surface area contributed by atoms with Gasteiger partial charge in [0.25, 0.3) is 5.91 Å². The first-order valence-corrected chi connectivity index (χ1v) is 10.9. The molecule has 2 aromatic rings. The highest BCUT2D eigenvalue weighted by Gasteiger charge is 2.40. The maximum absolute atomic E-state index is 13.3. The lowest BCUT2D eigenvalue weighted by atomic mass is 9.74. The molecule has 1 aliphatic rings. The molecule has 0 aromatic heterocycles. The molecule has 2 aromatic carbocycles. The summed E-state index contributed by atoms with van der Waals surface area (Å²) in [4.78, 5) is 25.9. The molecule has 1 saturated carbocycles. The van der Waals surface area contributed by atoms with Gasteiger partial charge in [0.15, 0.2) is 6.61 Å². The van der Waals surface area contributed by atoms with Crippen LogP contribution in [0.25, 0.3) is 0 Å². The Balaban J connectivity index is 1.70. The quantitative estimate of drug-likeness (QED) is 0.646. The molecule has 1 aliphatic carbocycles. The van der Waals surface area contributed by atoms with Crippen molar-refractivity contribution in [1.82, 2.24) is 10.2 Å². The van der Waals surface area contributed by atoms with Gasteiger partial charge in [0, 0.05) is 32.0 Å². The van der Waals surface area contributed by atoms with Crippen LogP contribution in [0.2, 0.25) is 0 Å². The Labute approximate surface area is 188 Å². The number of likely N-dealkylation sites (N-methyl/N-ethyl adjacent to an activating group) is 1. The molecular weight excluding hydrogens is 411 g/mol. The number of aliphatic hydroxyl groups is 1. The number of carbonyl (C=O) groups is 2. The molecule has 0 heterocycles. The maximum atomic E-state index is 13.3. The van der Waals surface area contributed by atoms with Gasteiger partial charge in [-0.25, -0.2) is 4.39 Å². The summed E-state index contributed by atoms with van der Waals surface area (Å²) in [5, 5.41) is 13.8. The van der Waals surface area contributed by atoms with Crippen LogP contribution < -0.4 is 10.1 Å². The summed E-state index contributed by atoms with van der Waals surface area (Å²) in [6.45, 7) is 1.74. The number of nitrogens with zero attached hydrogens (tertiary/aromatic N) is 1. The summed E-state index contributed by atoms with van der Waals surface area (Å²) >= 11 is 0. The van der Waals surface area contributed by atoms with E-state index >= 15 is 0 Å². The van der Waals surface area contributed by atoms with E-state index in [0.717, 1.165) is 5.56 Å². The summed E-state index contributed by atoms with van der Waals surface area (Å²) < 4.78 is 18.8. The van der Waals surface area contributed by atoms with Crippen LogP contribution in [-0.2, 0) is 15.0 Å². The Morgan fingerprint density at radius 3 is 2.56 bits per heavy atom. The fourth-order valence-electron chi connectivity index (χ4n) is 4.45. The predicted molar refractivity (Wildman–Crippen MR) is 120 cm³/mol. The van der Waals surface area contributed by atoms with Gasteiger partial charge in [-0.05, 0) is 43.4 Å².